The Kier molecular flexibility index (Phi) is 1.16. The fourth-order valence-electron chi connectivity index (χ4n) is 1.19. The quantitative estimate of drug-likeness (QED) is 0.506. The van der Waals surface area contributed by atoms with Gasteiger partial charge in [0.25, 0.3) is 0 Å². The highest BCUT2D eigenvalue weighted by Crippen LogP contribution is 2.16. The van der Waals surface area contributed by atoms with E-state index in [1.807, 2.05) is 12.1 Å². The molecule has 0 amide bonds. The Balaban J connectivity index is 0.000000605. The molecule has 0 saturated heterocycles. The number of fused-ring (bicyclic) bond motifs is 1. The first-order chi connectivity index (χ1) is 4.86. The highest BCUT2D eigenvalue weighted by molar-refractivity contribution is 6.30. The number of hydrogen-bond donors (Lipinski definition) is 1. The van der Waals surface area contributed by atoms with Crippen LogP contribution in [0, 0.1) is 0 Å². The van der Waals surface area contributed by atoms with Gasteiger partial charge in [0, 0.05) is 14.4 Å². The minimum atomic E-state index is 0. The molecule has 50 valence electrons. The van der Waals surface area contributed by atoms with E-state index in [0.717, 1.165) is 24.3 Å². The second-order valence-corrected chi connectivity index (χ2v) is 2.41. The molecule has 1 N–H and O–H groups in total. The van der Waals surface area contributed by atoms with Crippen molar-refractivity contribution in [2.45, 2.75) is 6.42 Å². The Morgan fingerprint density at radius 1 is 1.60 bits per heavy atom. The van der Waals surface area contributed by atoms with E-state index < -0.39 is 0 Å². The third-order valence-corrected chi connectivity index (χ3v) is 1.67. The normalized spacial score (nSPS) is 14.4. The van der Waals surface area contributed by atoms with Gasteiger partial charge in [0.05, 0.1) is 11.4 Å². The maximum Gasteiger partial charge on any atom is 0.141 e. The van der Waals surface area contributed by atoms with Gasteiger partial charge >= 0.3 is 0 Å². The molecule has 1 aliphatic rings. The summed E-state index contributed by atoms with van der Waals surface area (Å²) in [6.45, 7) is 0.992. The van der Waals surface area contributed by atoms with Crippen LogP contribution < -0.4 is 10.9 Å². The molecule has 10 heavy (non-hydrogen) atoms. The summed E-state index contributed by atoms with van der Waals surface area (Å²) in [6.07, 6.45) is 1.00. The molecule has 0 bridgehead atoms. The van der Waals surface area contributed by atoms with E-state index in [1.54, 1.807) is 0 Å². The predicted molar refractivity (Wildman–Crippen MR) is 43.9 cm³/mol. The monoisotopic (exact) mass is 132 g/mol. The smallest absolute Gasteiger partial charge is 0.141 e. The Bertz CT molecular complexity index is 265. The Labute approximate surface area is 62.6 Å². The molecule has 2 radical (unpaired) electrons. The van der Waals surface area contributed by atoms with Crippen molar-refractivity contribution >= 4 is 19.1 Å². The van der Waals surface area contributed by atoms with Crippen LogP contribution in [-0.2, 0) is 6.42 Å². The van der Waals surface area contributed by atoms with Gasteiger partial charge in [0.15, 0.2) is 0 Å². The number of aromatic nitrogens is 1. The van der Waals surface area contributed by atoms with Crippen LogP contribution in [0.2, 0.25) is 0 Å². The lowest BCUT2D eigenvalue weighted by Gasteiger charge is -1.98. The molecular formula is C7H9BN2. The molecule has 1 aliphatic heterocycles. The molecule has 2 rings (SSSR count). The molecule has 0 spiro atoms. The maximum absolute atomic E-state index is 5.49. The van der Waals surface area contributed by atoms with Crippen LogP contribution in [-0.4, -0.2) is 19.4 Å². The van der Waals surface area contributed by atoms with Crippen molar-refractivity contribution in [1.29, 1.82) is 0 Å². The summed E-state index contributed by atoms with van der Waals surface area (Å²) in [4.78, 5) is 4.17. The van der Waals surface area contributed by atoms with Crippen LogP contribution >= 0.6 is 0 Å². The van der Waals surface area contributed by atoms with Crippen LogP contribution in [0.25, 0.3) is 0 Å². The zero-order chi connectivity index (χ0) is 6.97. The van der Waals surface area contributed by atoms with Gasteiger partial charge in [-0.3, -0.25) is 4.98 Å². The predicted octanol–water partition coefficient (Wildman–Crippen LogP) is 0.0894. The Hall–Kier alpha value is -0.985. The van der Waals surface area contributed by atoms with Gasteiger partial charge in [-0.25, -0.2) is 0 Å². The molecule has 1 aromatic heterocycles. The van der Waals surface area contributed by atoms with E-state index in [2.05, 4.69) is 10.3 Å². The first-order valence-electron chi connectivity index (χ1n) is 3.35. The van der Waals surface area contributed by atoms with E-state index in [0.29, 0.717) is 5.59 Å². The van der Waals surface area contributed by atoms with Crippen molar-refractivity contribution < 1.29 is 1.43 Å². The molecule has 0 aromatic carbocycles. The zero-order valence-corrected chi connectivity index (χ0v) is 5.59. The van der Waals surface area contributed by atoms with Crippen LogP contribution in [0.1, 0.15) is 7.12 Å². The molecule has 2 nitrogen and oxygen atoms in total. The third-order valence-electron chi connectivity index (χ3n) is 1.67. The average Bonchev–Trinajstić information content (AvgIpc) is 2.33. The standard InChI is InChI=1S/C7H7BN2.H2/c8-7-2-1-5-6(10-7)3-4-9-5;/h1-2,9H,3-4H2;1H. The topological polar surface area (TPSA) is 24.9 Å². The minimum Gasteiger partial charge on any atom is -0.383 e. The number of rotatable bonds is 0. The molecule has 0 atom stereocenters. The number of nitrogens with one attached hydrogen (secondary N) is 1. The van der Waals surface area contributed by atoms with Crippen molar-refractivity contribution in [3.63, 3.8) is 0 Å². The van der Waals surface area contributed by atoms with Crippen LogP contribution in [0.15, 0.2) is 12.1 Å². The molecule has 0 unspecified atom stereocenters. The van der Waals surface area contributed by atoms with Gasteiger partial charge in [-0.05, 0) is 17.7 Å². The summed E-state index contributed by atoms with van der Waals surface area (Å²) in [5.74, 6) is 0. The molecule has 1 aromatic rings. The van der Waals surface area contributed by atoms with E-state index >= 15 is 0 Å². The lowest BCUT2D eigenvalue weighted by molar-refractivity contribution is 1.05. The molecule has 2 heterocycles. The molecule has 0 saturated carbocycles. The van der Waals surface area contributed by atoms with Crippen LogP contribution in [0.3, 0.4) is 0 Å². The number of hydrogen-bond acceptors (Lipinski definition) is 2. The summed E-state index contributed by atoms with van der Waals surface area (Å²) in [6, 6.07) is 3.79. The van der Waals surface area contributed by atoms with E-state index in [1.165, 1.54) is 0 Å². The Morgan fingerprint density at radius 2 is 2.50 bits per heavy atom. The number of pyridine rings is 1. The highest BCUT2D eigenvalue weighted by atomic mass is 14.9. The van der Waals surface area contributed by atoms with Gasteiger partial charge in [-0.2, -0.15) is 0 Å². The molecule has 0 fully saturated rings. The second kappa shape index (κ2) is 2.01. The van der Waals surface area contributed by atoms with E-state index in [9.17, 15) is 0 Å². The number of anilines is 1. The lowest BCUT2D eigenvalue weighted by atomic mass is 10.0. The molecule has 0 aliphatic carbocycles. The fraction of sp³-hybridized carbons (Fsp3) is 0.286. The largest absolute Gasteiger partial charge is 0.383 e. The van der Waals surface area contributed by atoms with Gasteiger partial charge in [0.1, 0.15) is 7.85 Å². The van der Waals surface area contributed by atoms with Crippen LogP contribution in [0.4, 0.5) is 5.69 Å². The maximum atomic E-state index is 5.49. The number of nitrogens with zero attached hydrogens (tertiary/aromatic N) is 1. The summed E-state index contributed by atoms with van der Waals surface area (Å²) in [7, 11) is 5.49. The summed E-state index contributed by atoms with van der Waals surface area (Å²) in [5, 5.41) is 3.21. The minimum absolute atomic E-state index is 0. The van der Waals surface area contributed by atoms with Gasteiger partial charge in [-0.15, -0.1) is 0 Å². The van der Waals surface area contributed by atoms with Crippen molar-refractivity contribution in [3.8, 4) is 0 Å². The first-order valence-corrected chi connectivity index (χ1v) is 3.35. The summed E-state index contributed by atoms with van der Waals surface area (Å²) >= 11 is 0. The Morgan fingerprint density at radius 3 is 3.40 bits per heavy atom. The highest BCUT2D eigenvalue weighted by Gasteiger charge is 2.09. The van der Waals surface area contributed by atoms with E-state index in [-0.39, 0.29) is 1.43 Å². The third kappa shape index (κ3) is 0.782. The van der Waals surface area contributed by atoms with Crippen molar-refractivity contribution in [1.82, 2.24) is 4.98 Å². The van der Waals surface area contributed by atoms with Crippen LogP contribution in [0.5, 0.6) is 0 Å². The first kappa shape index (κ1) is 5.77. The SMILES string of the molecule is [B]c1ccc2c(n1)CCN2.[HH]. The van der Waals surface area contributed by atoms with Gasteiger partial charge in [-0.1, -0.05) is 0 Å². The second-order valence-electron chi connectivity index (χ2n) is 2.41. The van der Waals surface area contributed by atoms with Crippen molar-refractivity contribution in [3.05, 3.63) is 17.8 Å². The van der Waals surface area contributed by atoms with Gasteiger partial charge in [0.2, 0.25) is 0 Å². The van der Waals surface area contributed by atoms with Crippen molar-refractivity contribution in [2.75, 3.05) is 11.9 Å². The lowest BCUT2D eigenvalue weighted by Crippen LogP contribution is -2.08. The average molecular weight is 132 g/mol. The summed E-state index contributed by atoms with van der Waals surface area (Å²) in [5.41, 5.74) is 2.84. The van der Waals surface area contributed by atoms with Crippen molar-refractivity contribution in [2.24, 2.45) is 0 Å². The summed E-state index contributed by atoms with van der Waals surface area (Å²) < 4.78 is 0. The van der Waals surface area contributed by atoms with E-state index in [4.69, 9.17) is 7.85 Å². The fourth-order valence-corrected chi connectivity index (χ4v) is 1.19. The zero-order valence-electron chi connectivity index (χ0n) is 5.59. The van der Waals surface area contributed by atoms with Gasteiger partial charge < -0.3 is 5.32 Å². The molecule has 3 heteroatoms. The molecular weight excluding hydrogens is 123 g/mol.